The summed E-state index contributed by atoms with van der Waals surface area (Å²) in [5, 5.41) is 10.5. The van der Waals surface area contributed by atoms with Crippen molar-refractivity contribution >= 4 is 17.5 Å². The molecule has 0 aliphatic carbocycles. The summed E-state index contributed by atoms with van der Waals surface area (Å²) in [7, 11) is 0. The molecule has 0 aromatic heterocycles. The van der Waals surface area contributed by atoms with Gasteiger partial charge in [-0.2, -0.15) is 0 Å². The molecule has 1 amide bonds. The highest BCUT2D eigenvalue weighted by atomic mass is 35.5. The number of hydrogen-bond donors (Lipinski definition) is 1. The molecule has 1 aliphatic heterocycles. The normalized spacial score (nSPS) is 20.2. The van der Waals surface area contributed by atoms with Crippen molar-refractivity contribution in [3.05, 3.63) is 34.9 Å². The van der Waals surface area contributed by atoms with Crippen molar-refractivity contribution < 1.29 is 9.90 Å². The summed E-state index contributed by atoms with van der Waals surface area (Å²) in [4.78, 5) is 13.7. The van der Waals surface area contributed by atoms with Crippen LogP contribution in [0.5, 0.6) is 0 Å². The quantitative estimate of drug-likeness (QED) is 0.894. The van der Waals surface area contributed by atoms with Crippen molar-refractivity contribution in [2.75, 3.05) is 13.1 Å². The summed E-state index contributed by atoms with van der Waals surface area (Å²) >= 11 is 5.86. The van der Waals surface area contributed by atoms with Gasteiger partial charge in [0.1, 0.15) is 5.60 Å². The Balaban J connectivity index is 2.05. The molecule has 4 heteroatoms. The lowest BCUT2D eigenvalue weighted by molar-refractivity contribution is -0.146. The fraction of sp³-hybridized carbons (Fsp3) is 0.500. The van der Waals surface area contributed by atoms with Gasteiger partial charge in [0.05, 0.1) is 0 Å². The Morgan fingerprint density at radius 3 is 2.56 bits per heavy atom. The van der Waals surface area contributed by atoms with E-state index in [2.05, 4.69) is 0 Å². The van der Waals surface area contributed by atoms with E-state index in [4.69, 9.17) is 11.6 Å². The molecule has 1 fully saturated rings. The molecule has 18 heavy (non-hydrogen) atoms. The maximum absolute atomic E-state index is 12.0. The second-order valence-corrected chi connectivity index (χ2v) is 5.78. The molecule has 3 nitrogen and oxygen atoms in total. The van der Waals surface area contributed by atoms with Crippen LogP contribution >= 0.6 is 11.6 Å². The second kappa shape index (κ2) is 4.90. The number of likely N-dealkylation sites (tertiary alicyclic amines) is 1. The minimum Gasteiger partial charge on any atom is -0.381 e. The predicted molar refractivity (Wildman–Crippen MR) is 71.7 cm³/mol. The van der Waals surface area contributed by atoms with E-state index in [0.29, 0.717) is 19.0 Å². The molecule has 98 valence electrons. The van der Waals surface area contributed by atoms with Crippen LogP contribution in [0.25, 0.3) is 0 Å². The molecule has 0 spiro atoms. The van der Waals surface area contributed by atoms with Crippen molar-refractivity contribution in [1.29, 1.82) is 0 Å². The smallest absolute Gasteiger partial charge is 0.253 e. The number of rotatable bonds is 2. The largest absolute Gasteiger partial charge is 0.381 e. The van der Waals surface area contributed by atoms with Crippen LogP contribution in [0, 0.1) is 0 Å². The predicted octanol–water partition coefficient (Wildman–Crippen LogP) is 2.43. The zero-order valence-electron chi connectivity index (χ0n) is 10.7. The van der Waals surface area contributed by atoms with Crippen molar-refractivity contribution in [1.82, 2.24) is 4.90 Å². The average molecular weight is 268 g/mol. The molecular formula is C14H18ClNO2. The van der Waals surface area contributed by atoms with E-state index < -0.39 is 5.60 Å². The Hall–Kier alpha value is -1.06. The number of halogens is 1. The van der Waals surface area contributed by atoms with Crippen LogP contribution in [0.1, 0.15) is 31.7 Å². The average Bonchev–Trinajstić information content (AvgIpc) is 2.77. The highest BCUT2D eigenvalue weighted by Crippen LogP contribution is 2.29. The third-order valence-electron chi connectivity index (χ3n) is 3.34. The summed E-state index contributed by atoms with van der Waals surface area (Å²) in [6.45, 7) is 4.44. The van der Waals surface area contributed by atoms with Gasteiger partial charge in [-0.3, -0.25) is 4.79 Å². The zero-order chi connectivity index (χ0) is 13.3. The number of carbonyl (C=O) groups is 1. The Morgan fingerprint density at radius 1 is 1.39 bits per heavy atom. The highest BCUT2D eigenvalue weighted by molar-refractivity contribution is 6.30. The molecule has 0 unspecified atom stereocenters. The fourth-order valence-electron chi connectivity index (χ4n) is 2.34. The zero-order valence-corrected chi connectivity index (χ0v) is 11.4. The number of carbonyl (C=O) groups excluding carboxylic acids is 1. The lowest BCUT2D eigenvalue weighted by Gasteiger charge is -2.24. The summed E-state index contributed by atoms with van der Waals surface area (Å²) in [5.41, 5.74) is -0.0834. The molecule has 1 aliphatic rings. The van der Waals surface area contributed by atoms with E-state index in [0.717, 1.165) is 11.4 Å². The van der Waals surface area contributed by atoms with Crippen molar-refractivity contribution in [2.45, 2.75) is 31.8 Å². The maximum atomic E-state index is 12.0. The number of hydrogen-bond acceptors (Lipinski definition) is 2. The van der Waals surface area contributed by atoms with Crippen LogP contribution in [0.4, 0.5) is 0 Å². The van der Waals surface area contributed by atoms with Gasteiger partial charge in [-0.05, 0) is 38.0 Å². The van der Waals surface area contributed by atoms with E-state index in [-0.39, 0.29) is 5.91 Å². The van der Waals surface area contributed by atoms with Crippen molar-refractivity contribution in [2.24, 2.45) is 0 Å². The Labute approximate surface area is 112 Å². The van der Waals surface area contributed by atoms with Gasteiger partial charge in [0, 0.05) is 24.0 Å². The van der Waals surface area contributed by atoms with Crippen LogP contribution < -0.4 is 0 Å². The molecule has 1 aromatic carbocycles. The first-order chi connectivity index (χ1) is 8.38. The summed E-state index contributed by atoms with van der Waals surface area (Å²) in [6, 6.07) is 7.75. The van der Waals surface area contributed by atoms with Gasteiger partial charge in [-0.25, -0.2) is 0 Å². The lowest BCUT2D eigenvalue weighted by atomic mass is 9.99. The maximum Gasteiger partial charge on any atom is 0.253 e. The molecule has 1 heterocycles. The SMILES string of the molecule is CC(C)(O)C(=O)N1CC[C@@H](c2ccc(Cl)cc2)C1. The topological polar surface area (TPSA) is 40.5 Å². The van der Waals surface area contributed by atoms with E-state index >= 15 is 0 Å². The first-order valence-corrected chi connectivity index (χ1v) is 6.53. The summed E-state index contributed by atoms with van der Waals surface area (Å²) in [6.07, 6.45) is 0.934. The third-order valence-corrected chi connectivity index (χ3v) is 3.59. The molecule has 2 rings (SSSR count). The molecule has 1 N–H and O–H groups in total. The van der Waals surface area contributed by atoms with Crippen LogP contribution in [0.15, 0.2) is 24.3 Å². The Bertz CT molecular complexity index is 436. The minimum atomic E-state index is -1.28. The van der Waals surface area contributed by atoms with E-state index in [9.17, 15) is 9.90 Å². The molecule has 1 atom stereocenters. The standard InChI is InChI=1S/C14H18ClNO2/c1-14(2,18)13(17)16-8-7-11(9-16)10-3-5-12(15)6-4-10/h3-6,11,18H,7-9H2,1-2H3/t11-/m1/s1. The molecule has 0 bridgehead atoms. The first-order valence-electron chi connectivity index (χ1n) is 6.15. The molecule has 1 saturated heterocycles. The van der Waals surface area contributed by atoms with Crippen LogP contribution in [-0.4, -0.2) is 34.6 Å². The monoisotopic (exact) mass is 267 g/mol. The van der Waals surface area contributed by atoms with Crippen LogP contribution in [0.2, 0.25) is 5.02 Å². The number of benzene rings is 1. The van der Waals surface area contributed by atoms with Gasteiger partial charge in [-0.15, -0.1) is 0 Å². The third kappa shape index (κ3) is 2.85. The van der Waals surface area contributed by atoms with Crippen molar-refractivity contribution in [3.8, 4) is 0 Å². The van der Waals surface area contributed by atoms with E-state index in [1.807, 2.05) is 24.3 Å². The fourth-order valence-corrected chi connectivity index (χ4v) is 2.46. The van der Waals surface area contributed by atoms with Gasteiger partial charge >= 0.3 is 0 Å². The first kappa shape index (κ1) is 13.4. The minimum absolute atomic E-state index is 0.195. The molecule has 0 radical (unpaired) electrons. The summed E-state index contributed by atoms with van der Waals surface area (Å²) < 4.78 is 0. The molecule has 0 saturated carbocycles. The van der Waals surface area contributed by atoms with E-state index in [1.165, 1.54) is 19.4 Å². The summed E-state index contributed by atoms with van der Waals surface area (Å²) in [5.74, 6) is 0.146. The number of nitrogens with zero attached hydrogens (tertiary/aromatic N) is 1. The van der Waals surface area contributed by atoms with Gasteiger partial charge in [0.2, 0.25) is 0 Å². The molecular weight excluding hydrogens is 250 g/mol. The number of aliphatic hydroxyl groups is 1. The van der Waals surface area contributed by atoms with E-state index in [1.54, 1.807) is 4.90 Å². The number of amides is 1. The van der Waals surface area contributed by atoms with Crippen molar-refractivity contribution in [3.63, 3.8) is 0 Å². The van der Waals surface area contributed by atoms with Gasteiger partial charge in [-0.1, -0.05) is 23.7 Å². The second-order valence-electron chi connectivity index (χ2n) is 5.35. The van der Waals surface area contributed by atoms with Crippen LogP contribution in [-0.2, 0) is 4.79 Å². The van der Waals surface area contributed by atoms with Gasteiger partial charge in [0.15, 0.2) is 0 Å². The van der Waals surface area contributed by atoms with Gasteiger partial charge in [0.25, 0.3) is 5.91 Å². The Kier molecular flexibility index (Phi) is 3.64. The Morgan fingerprint density at radius 2 is 2.00 bits per heavy atom. The van der Waals surface area contributed by atoms with Crippen LogP contribution in [0.3, 0.4) is 0 Å². The lowest BCUT2D eigenvalue weighted by Crippen LogP contribution is -2.43. The highest BCUT2D eigenvalue weighted by Gasteiger charge is 2.34. The molecule has 1 aromatic rings. The van der Waals surface area contributed by atoms with Gasteiger partial charge < -0.3 is 10.0 Å².